The van der Waals surface area contributed by atoms with Crippen LogP contribution in [0.3, 0.4) is 0 Å². The number of ether oxygens (including phenoxy) is 2. The number of aromatic nitrogens is 4. The van der Waals surface area contributed by atoms with Gasteiger partial charge in [0.1, 0.15) is 5.82 Å². The summed E-state index contributed by atoms with van der Waals surface area (Å²) >= 11 is 0. The van der Waals surface area contributed by atoms with Gasteiger partial charge in [-0.05, 0) is 6.07 Å². The Bertz CT molecular complexity index is 1080. The summed E-state index contributed by atoms with van der Waals surface area (Å²) in [5, 5.41) is 0.0878. The zero-order chi connectivity index (χ0) is 19.8. The predicted molar refractivity (Wildman–Crippen MR) is 85.7 cm³/mol. The van der Waals surface area contributed by atoms with Gasteiger partial charge < -0.3 is 18.6 Å². The highest BCUT2D eigenvalue weighted by Gasteiger charge is 2.31. The van der Waals surface area contributed by atoms with Crippen LogP contribution >= 0.6 is 0 Å². The van der Waals surface area contributed by atoms with Gasteiger partial charge in [0.05, 0.1) is 25.3 Å². The fraction of sp³-hybridized carbons (Fsp3) is 0.214. The lowest BCUT2D eigenvalue weighted by Gasteiger charge is -2.08. The topological polar surface area (TPSA) is 116 Å². The van der Waals surface area contributed by atoms with Crippen molar-refractivity contribution in [2.75, 3.05) is 14.2 Å². The third kappa shape index (κ3) is 3.45. The molecular formula is C14H11F3N4O5S. The van der Waals surface area contributed by atoms with Crippen molar-refractivity contribution in [3.05, 3.63) is 24.0 Å². The van der Waals surface area contributed by atoms with Crippen LogP contribution in [0.1, 0.15) is 0 Å². The summed E-state index contributed by atoms with van der Waals surface area (Å²) in [4.78, 5) is 14.0. The standard InChI is InChI=1S/C14H11F3N4O5S/c1-24-13-19-10(20-14(21-13)25-2)8-6-4-3-5-7(15)9(6)18-11(8)26-27(22,23)12(16)17/h3-5,12,18H,1-2H3. The first-order chi connectivity index (χ1) is 12.8. The lowest BCUT2D eigenvalue weighted by molar-refractivity contribution is 0.219. The Balaban J connectivity index is 2.31. The van der Waals surface area contributed by atoms with Crippen LogP contribution in [0.5, 0.6) is 17.9 Å². The summed E-state index contributed by atoms with van der Waals surface area (Å²) in [6.45, 7) is 0. The quantitative estimate of drug-likeness (QED) is 0.621. The summed E-state index contributed by atoms with van der Waals surface area (Å²) in [5.41, 5.74) is -0.377. The van der Waals surface area contributed by atoms with E-state index in [1.807, 2.05) is 0 Å². The number of alkyl halides is 2. The van der Waals surface area contributed by atoms with Gasteiger partial charge in [-0.25, -0.2) is 4.39 Å². The number of halogens is 3. The van der Waals surface area contributed by atoms with Gasteiger partial charge in [0.15, 0.2) is 5.82 Å². The largest absolute Gasteiger partial charge is 0.467 e. The molecule has 27 heavy (non-hydrogen) atoms. The van der Waals surface area contributed by atoms with E-state index in [1.165, 1.54) is 26.4 Å². The van der Waals surface area contributed by atoms with Crippen LogP contribution < -0.4 is 13.7 Å². The molecule has 9 nitrogen and oxygen atoms in total. The molecule has 0 bridgehead atoms. The maximum absolute atomic E-state index is 14.1. The minimum absolute atomic E-state index is 0.0878. The van der Waals surface area contributed by atoms with Crippen molar-refractivity contribution in [2.24, 2.45) is 0 Å². The molecule has 0 amide bonds. The molecule has 1 N–H and O–H groups in total. The second kappa shape index (κ2) is 6.90. The van der Waals surface area contributed by atoms with Crippen LogP contribution in [0.2, 0.25) is 0 Å². The zero-order valence-corrected chi connectivity index (χ0v) is 14.6. The van der Waals surface area contributed by atoms with Crippen molar-refractivity contribution in [2.45, 2.75) is 5.76 Å². The van der Waals surface area contributed by atoms with Crippen molar-refractivity contribution in [3.8, 4) is 29.3 Å². The number of rotatable bonds is 6. The average molecular weight is 404 g/mol. The number of benzene rings is 1. The van der Waals surface area contributed by atoms with E-state index in [0.29, 0.717) is 0 Å². The smallest absolute Gasteiger partial charge is 0.374 e. The number of fused-ring (bicyclic) bond motifs is 1. The van der Waals surface area contributed by atoms with Gasteiger partial charge in [-0.1, -0.05) is 12.1 Å². The highest BCUT2D eigenvalue weighted by Crippen LogP contribution is 2.38. The number of aromatic amines is 1. The van der Waals surface area contributed by atoms with Crippen molar-refractivity contribution in [1.82, 2.24) is 19.9 Å². The molecule has 2 aromatic heterocycles. The number of hydrogen-bond donors (Lipinski definition) is 1. The van der Waals surface area contributed by atoms with E-state index in [4.69, 9.17) is 9.47 Å². The Morgan fingerprint density at radius 3 is 2.26 bits per heavy atom. The molecule has 3 aromatic rings. The zero-order valence-electron chi connectivity index (χ0n) is 13.7. The fourth-order valence-electron chi connectivity index (χ4n) is 2.23. The van der Waals surface area contributed by atoms with Crippen LogP contribution in [0.4, 0.5) is 13.2 Å². The summed E-state index contributed by atoms with van der Waals surface area (Å²) in [7, 11) is -2.78. The van der Waals surface area contributed by atoms with Crippen molar-refractivity contribution >= 4 is 21.0 Å². The first-order valence-corrected chi connectivity index (χ1v) is 8.60. The average Bonchev–Trinajstić information content (AvgIpc) is 2.99. The fourth-order valence-corrected chi connectivity index (χ4v) is 2.66. The number of para-hydroxylation sites is 1. The second-order valence-corrected chi connectivity index (χ2v) is 6.47. The molecule has 144 valence electrons. The molecule has 1 aromatic carbocycles. The van der Waals surface area contributed by atoms with E-state index in [9.17, 15) is 21.6 Å². The molecule has 3 rings (SSSR count). The molecule has 0 spiro atoms. The molecule has 2 heterocycles. The minimum atomic E-state index is -5.29. The number of nitrogens with one attached hydrogen (secondary N) is 1. The van der Waals surface area contributed by atoms with Crippen LogP contribution in [0.15, 0.2) is 18.2 Å². The van der Waals surface area contributed by atoms with E-state index in [2.05, 4.69) is 24.1 Å². The van der Waals surface area contributed by atoms with Gasteiger partial charge in [-0.2, -0.15) is 27.2 Å². The van der Waals surface area contributed by atoms with Crippen LogP contribution in [0.25, 0.3) is 22.3 Å². The molecule has 0 aliphatic rings. The van der Waals surface area contributed by atoms with E-state index in [-0.39, 0.29) is 34.3 Å². The Hall–Kier alpha value is -3.09. The second-order valence-electron chi connectivity index (χ2n) is 4.96. The normalized spacial score (nSPS) is 11.8. The van der Waals surface area contributed by atoms with Crippen molar-refractivity contribution in [3.63, 3.8) is 0 Å². The Morgan fingerprint density at radius 2 is 1.70 bits per heavy atom. The molecule has 0 radical (unpaired) electrons. The van der Waals surface area contributed by atoms with Crippen LogP contribution in [-0.4, -0.2) is 48.3 Å². The van der Waals surface area contributed by atoms with Gasteiger partial charge in [0.2, 0.25) is 5.88 Å². The third-order valence-electron chi connectivity index (χ3n) is 3.35. The summed E-state index contributed by atoms with van der Waals surface area (Å²) in [6.07, 6.45) is 0. The molecular weight excluding hydrogens is 393 g/mol. The van der Waals surface area contributed by atoms with Gasteiger partial charge in [0.25, 0.3) is 0 Å². The Morgan fingerprint density at radius 1 is 1.07 bits per heavy atom. The molecule has 0 saturated carbocycles. The lowest BCUT2D eigenvalue weighted by Crippen LogP contribution is -2.18. The molecule has 0 aliphatic carbocycles. The number of nitrogens with zero attached hydrogens (tertiary/aromatic N) is 3. The highest BCUT2D eigenvalue weighted by molar-refractivity contribution is 7.87. The maximum atomic E-state index is 14.1. The molecule has 13 heteroatoms. The molecule has 0 saturated heterocycles. The summed E-state index contributed by atoms with van der Waals surface area (Å²) in [6, 6.07) is 3.41. The monoisotopic (exact) mass is 404 g/mol. The van der Waals surface area contributed by atoms with Gasteiger partial charge >= 0.3 is 27.9 Å². The van der Waals surface area contributed by atoms with E-state index in [0.717, 1.165) is 6.07 Å². The van der Waals surface area contributed by atoms with Crippen molar-refractivity contribution in [1.29, 1.82) is 0 Å². The Kier molecular flexibility index (Phi) is 4.78. The van der Waals surface area contributed by atoms with E-state index < -0.39 is 27.6 Å². The van der Waals surface area contributed by atoms with Crippen LogP contribution in [-0.2, 0) is 10.1 Å². The van der Waals surface area contributed by atoms with Crippen LogP contribution in [0, 0.1) is 5.82 Å². The maximum Gasteiger partial charge on any atom is 0.374 e. The Labute approximate surface area is 150 Å². The molecule has 0 unspecified atom stereocenters. The molecule has 0 fully saturated rings. The van der Waals surface area contributed by atoms with Gasteiger partial charge in [-0.15, -0.1) is 4.98 Å². The van der Waals surface area contributed by atoms with Gasteiger partial charge in [0, 0.05) is 5.39 Å². The van der Waals surface area contributed by atoms with Gasteiger partial charge in [-0.3, -0.25) is 0 Å². The van der Waals surface area contributed by atoms with Crippen molar-refractivity contribution < 1.29 is 35.2 Å². The minimum Gasteiger partial charge on any atom is -0.467 e. The first kappa shape index (κ1) is 18.7. The first-order valence-electron chi connectivity index (χ1n) is 7.13. The lowest BCUT2D eigenvalue weighted by atomic mass is 10.1. The number of hydrogen-bond acceptors (Lipinski definition) is 8. The third-order valence-corrected chi connectivity index (χ3v) is 4.18. The van der Waals surface area contributed by atoms with E-state index >= 15 is 0 Å². The number of methoxy groups -OCH3 is 2. The summed E-state index contributed by atoms with van der Waals surface area (Å²) in [5.74, 6) is -5.52. The number of H-pyrrole nitrogens is 1. The molecule has 0 atom stereocenters. The predicted octanol–water partition coefficient (Wildman–Crippen LogP) is 2.11. The highest BCUT2D eigenvalue weighted by atomic mass is 32.2. The summed E-state index contributed by atoms with van der Waals surface area (Å²) < 4.78 is 76.8. The van der Waals surface area contributed by atoms with E-state index in [1.54, 1.807) is 0 Å². The molecule has 0 aliphatic heterocycles. The SMILES string of the molecule is COc1nc(OC)nc(-c2c(OS(=O)(=O)C(F)F)[nH]c3c(F)cccc23)n1.